The van der Waals surface area contributed by atoms with Gasteiger partial charge in [-0.3, -0.25) is 4.90 Å². The van der Waals surface area contributed by atoms with E-state index in [9.17, 15) is 13.5 Å². The average Bonchev–Trinajstić information content (AvgIpc) is 3.28. The van der Waals surface area contributed by atoms with Crippen LogP contribution in [0.4, 0.5) is 0 Å². The van der Waals surface area contributed by atoms with Crippen LogP contribution < -0.4 is 4.74 Å². The van der Waals surface area contributed by atoms with Crippen molar-refractivity contribution in [1.82, 2.24) is 9.21 Å². The standard InChI is InChI=1S/C19H28N2O4S/c22-18-3-1-2-17(18)20-8-10-21(11-9-20)26(23,24)13-7-15-4-5-19-16(14-15)6-12-25-19/h4-5,14,17-18,22H,1-3,6-13H2. The summed E-state index contributed by atoms with van der Waals surface area (Å²) in [5, 5.41) is 10.1. The Bertz CT molecular complexity index is 744. The second kappa shape index (κ2) is 7.46. The van der Waals surface area contributed by atoms with Crippen LogP contribution in [0, 0.1) is 0 Å². The first-order valence-corrected chi connectivity index (χ1v) is 11.3. The van der Waals surface area contributed by atoms with Crippen LogP contribution in [0.25, 0.3) is 0 Å². The molecule has 2 heterocycles. The summed E-state index contributed by atoms with van der Waals surface area (Å²) in [6, 6.07) is 6.22. The fraction of sp³-hybridized carbons (Fsp3) is 0.684. The van der Waals surface area contributed by atoms with E-state index in [1.54, 1.807) is 4.31 Å². The number of aliphatic hydroxyl groups excluding tert-OH is 1. The smallest absolute Gasteiger partial charge is 0.214 e. The number of aliphatic hydroxyl groups is 1. The molecule has 1 aromatic rings. The maximum atomic E-state index is 12.7. The number of ether oxygens (including phenoxy) is 1. The molecule has 1 aliphatic carbocycles. The molecule has 6 nitrogen and oxygen atoms in total. The Morgan fingerprint density at radius 2 is 1.96 bits per heavy atom. The van der Waals surface area contributed by atoms with Crippen molar-refractivity contribution in [1.29, 1.82) is 0 Å². The first kappa shape index (κ1) is 18.2. The molecule has 0 aromatic heterocycles. The van der Waals surface area contributed by atoms with Crippen molar-refractivity contribution >= 4 is 10.0 Å². The lowest BCUT2D eigenvalue weighted by molar-refractivity contribution is 0.0512. The van der Waals surface area contributed by atoms with Gasteiger partial charge in [0.2, 0.25) is 10.0 Å². The number of nitrogens with zero attached hydrogens (tertiary/aromatic N) is 2. The van der Waals surface area contributed by atoms with E-state index < -0.39 is 10.0 Å². The van der Waals surface area contributed by atoms with Crippen LogP contribution in [-0.2, 0) is 22.9 Å². The van der Waals surface area contributed by atoms with Gasteiger partial charge in [0.25, 0.3) is 0 Å². The summed E-state index contributed by atoms with van der Waals surface area (Å²) in [5.74, 6) is 1.08. The Kier molecular flexibility index (Phi) is 5.23. The summed E-state index contributed by atoms with van der Waals surface area (Å²) in [6.07, 6.45) is 4.16. The average molecular weight is 381 g/mol. The summed E-state index contributed by atoms with van der Waals surface area (Å²) in [4.78, 5) is 2.27. The number of sulfonamides is 1. The zero-order chi connectivity index (χ0) is 18.1. The van der Waals surface area contributed by atoms with E-state index in [0.29, 0.717) is 19.5 Å². The number of fused-ring (bicyclic) bond motifs is 1. The lowest BCUT2D eigenvalue weighted by atomic mass is 10.1. The zero-order valence-electron chi connectivity index (χ0n) is 15.1. The van der Waals surface area contributed by atoms with Crippen LogP contribution in [0.1, 0.15) is 30.4 Å². The Morgan fingerprint density at radius 3 is 2.69 bits per heavy atom. The number of rotatable bonds is 5. The first-order valence-electron chi connectivity index (χ1n) is 9.67. The molecule has 1 saturated heterocycles. The van der Waals surface area contributed by atoms with Crippen LogP contribution in [0.2, 0.25) is 0 Å². The van der Waals surface area contributed by atoms with Gasteiger partial charge in [0.05, 0.1) is 18.5 Å². The van der Waals surface area contributed by atoms with Gasteiger partial charge in [-0.1, -0.05) is 12.1 Å². The van der Waals surface area contributed by atoms with Gasteiger partial charge in [-0.05, 0) is 42.9 Å². The molecule has 144 valence electrons. The molecule has 7 heteroatoms. The lowest BCUT2D eigenvalue weighted by Gasteiger charge is -2.38. The second-order valence-electron chi connectivity index (χ2n) is 7.61. The molecule has 2 atom stereocenters. The van der Waals surface area contributed by atoms with Gasteiger partial charge in [0, 0.05) is 38.6 Å². The molecule has 0 radical (unpaired) electrons. The Morgan fingerprint density at radius 1 is 1.15 bits per heavy atom. The maximum Gasteiger partial charge on any atom is 0.214 e. The van der Waals surface area contributed by atoms with Crippen molar-refractivity contribution in [3.05, 3.63) is 29.3 Å². The molecular formula is C19H28N2O4S. The van der Waals surface area contributed by atoms with Crippen molar-refractivity contribution in [3.63, 3.8) is 0 Å². The Labute approximate surface area is 155 Å². The van der Waals surface area contributed by atoms with E-state index in [1.165, 1.54) is 5.56 Å². The molecule has 3 aliphatic rings. The van der Waals surface area contributed by atoms with E-state index >= 15 is 0 Å². The monoisotopic (exact) mass is 380 g/mol. The van der Waals surface area contributed by atoms with Crippen molar-refractivity contribution in [2.45, 2.75) is 44.2 Å². The number of piperazine rings is 1. The Balaban J connectivity index is 1.31. The summed E-state index contributed by atoms with van der Waals surface area (Å²) < 4.78 is 32.6. The van der Waals surface area contributed by atoms with Crippen LogP contribution in [0.5, 0.6) is 5.75 Å². The minimum atomic E-state index is -3.24. The summed E-state index contributed by atoms with van der Waals surface area (Å²) in [7, 11) is -3.24. The molecule has 2 aliphatic heterocycles. The molecule has 0 bridgehead atoms. The Hall–Kier alpha value is -1.15. The van der Waals surface area contributed by atoms with E-state index in [0.717, 1.165) is 56.7 Å². The van der Waals surface area contributed by atoms with Gasteiger partial charge in [-0.15, -0.1) is 0 Å². The minimum absolute atomic E-state index is 0.151. The fourth-order valence-electron chi connectivity index (χ4n) is 4.43. The highest BCUT2D eigenvalue weighted by Gasteiger charge is 2.34. The maximum absolute atomic E-state index is 12.7. The summed E-state index contributed by atoms with van der Waals surface area (Å²) in [5.41, 5.74) is 2.24. The number of hydrogen-bond donors (Lipinski definition) is 1. The van der Waals surface area contributed by atoms with Crippen LogP contribution in [-0.4, -0.2) is 73.4 Å². The lowest BCUT2D eigenvalue weighted by Crippen LogP contribution is -2.54. The number of benzene rings is 1. The topological polar surface area (TPSA) is 70.1 Å². The highest BCUT2D eigenvalue weighted by molar-refractivity contribution is 7.89. The fourth-order valence-corrected chi connectivity index (χ4v) is 5.90. The molecule has 0 spiro atoms. The van der Waals surface area contributed by atoms with Gasteiger partial charge in [-0.25, -0.2) is 8.42 Å². The van der Waals surface area contributed by atoms with Crippen LogP contribution >= 0.6 is 0 Å². The third-order valence-electron chi connectivity index (χ3n) is 5.98. The van der Waals surface area contributed by atoms with E-state index in [-0.39, 0.29) is 17.9 Å². The number of hydrogen-bond acceptors (Lipinski definition) is 5. The van der Waals surface area contributed by atoms with Crippen LogP contribution in [0.3, 0.4) is 0 Å². The number of aryl methyl sites for hydroxylation is 1. The third kappa shape index (κ3) is 3.76. The van der Waals surface area contributed by atoms with Crippen molar-refractivity contribution in [3.8, 4) is 5.75 Å². The van der Waals surface area contributed by atoms with Crippen molar-refractivity contribution in [2.75, 3.05) is 38.5 Å². The highest BCUT2D eigenvalue weighted by atomic mass is 32.2. The van der Waals surface area contributed by atoms with Crippen molar-refractivity contribution < 1.29 is 18.3 Å². The molecule has 26 heavy (non-hydrogen) atoms. The van der Waals surface area contributed by atoms with E-state index in [4.69, 9.17) is 4.74 Å². The SMILES string of the molecule is O=S(=O)(CCc1ccc2c(c1)CCO2)N1CCN(C2CCCC2O)CC1. The van der Waals surface area contributed by atoms with Gasteiger partial charge >= 0.3 is 0 Å². The van der Waals surface area contributed by atoms with E-state index in [1.807, 2.05) is 12.1 Å². The molecule has 2 unspecified atom stereocenters. The zero-order valence-corrected chi connectivity index (χ0v) is 16.0. The summed E-state index contributed by atoms with van der Waals surface area (Å²) >= 11 is 0. The molecule has 1 saturated carbocycles. The second-order valence-corrected chi connectivity index (χ2v) is 9.70. The normalized spacial score (nSPS) is 27.4. The predicted molar refractivity (Wildman–Crippen MR) is 99.9 cm³/mol. The molecule has 1 N–H and O–H groups in total. The predicted octanol–water partition coefficient (Wildman–Crippen LogP) is 1.02. The van der Waals surface area contributed by atoms with Gasteiger partial charge in [0.15, 0.2) is 0 Å². The van der Waals surface area contributed by atoms with Gasteiger partial charge < -0.3 is 9.84 Å². The van der Waals surface area contributed by atoms with E-state index in [2.05, 4.69) is 11.0 Å². The van der Waals surface area contributed by atoms with Gasteiger partial charge in [0.1, 0.15) is 5.75 Å². The first-order chi connectivity index (χ1) is 12.5. The quantitative estimate of drug-likeness (QED) is 0.826. The van der Waals surface area contributed by atoms with Gasteiger partial charge in [-0.2, -0.15) is 4.31 Å². The minimum Gasteiger partial charge on any atom is -0.493 e. The molecule has 4 rings (SSSR count). The summed E-state index contributed by atoms with van der Waals surface area (Å²) in [6.45, 7) is 3.22. The highest BCUT2D eigenvalue weighted by Crippen LogP contribution is 2.27. The molecule has 0 amide bonds. The molecule has 1 aromatic carbocycles. The third-order valence-corrected chi connectivity index (χ3v) is 7.85. The van der Waals surface area contributed by atoms with Crippen LogP contribution in [0.15, 0.2) is 18.2 Å². The molecule has 2 fully saturated rings. The molecular weight excluding hydrogens is 352 g/mol. The van der Waals surface area contributed by atoms with Crippen molar-refractivity contribution in [2.24, 2.45) is 0 Å². The largest absolute Gasteiger partial charge is 0.493 e.